The van der Waals surface area contributed by atoms with Crippen LogP contribution in [0.2, 0.25) is 0 Å². The van der Waals surface area contributed by atoms with Gasteiger partial charge in [0, 0.05) is 10.6 Å². The number of amides is 1. The fourth-order valence-electron chi connectivity index (χ4n) is 1.62. The molecule has 0 aliphatic heterocycles. The number of nitrogens with one attached hydrogen (secondary N) is 2. The number of hydrogen-bond donors (Lipinski definition) is 3. The summed E-state index contributed by atoms with van der Waals surface area (Å²) in [5, 5.41) is 3.27. The SMILES string of the molecule is CSc1nc(Nc2cc(CI)ccn2)c(C(N)=O)c(=O)[nH]1. The zero-order valence-corrected chi connectivity index (χ0v) is 14.0. The molecule has 0 aromatic carbocycles. The standard InChI is InChI=1S/C12H12IN5O2S/c1-21-12-17-10(8(9(14)19)11(20)18-12)16-7-4-6(5-13)2-3-15-7/h2-4H,5H2,1H3,(H2,14,19)(H2,15,16,17,18,20). The third-order valence-corrected chi connectivity index (χ3v) is 4.02. The maximum atomic E-state index is 11.9. The van der Waals surface area contributed by atoms with Crippen molar-refractivity contribution in [2.75, 3.05) is 11.6 Å². The van der Waals surface area contributed by atoms with Crippen LogP contribution in [-0.2, 0) is 4.43 Å². The second-order valence-electron chi connectivity index (χ2n) is 3.97. The summed E-state index contributed by atoms with van der Waals surface area (Å²) in [6.45, 7) is 0. The number of H-pyrrole nitrogens is 1. The molecule has 2 aromatic heterocycles. The highest BCUT2D eigenvalue weighted by molar-refractivity contribution is 14.1. The topological polar surface area (TPSA) is 114 Å². The molecule has 2 rings (SSSR count). The molecule has 0 radical (unpaired) electrons. The number of nitrogens with zero attached hydrogens (tertiary/aromatic N) is 2. The largest absolute Gasteiger partial charge is 0.365 e. The van der Waals surface area contributed by atoms with Crippen LogP contribution in [0.4, 0.5) is 11.6 Å². The molecular weight excluding hydrogens is 405 g/mol. The maximum absolute atomic E-state index is 11.9. The molecule has 0 aliphatic carbocycles. The number of pyridine rings is 1. The first-order chi connectivity index (χ1) is 10.0. The van der Waals surface area contributed by atoms with Gasteiger partial charge in [0.05, 0.1) is 0 Å². The van der Waals surface area contributed by atoms with Gasteiger partial charge in [0.25, 0.3) is 11.5 Å². The molecule has 2 heterocycles. The molecule has 4 N–H and O–H groups in total. The molecule has 1 amide bonds. The fraction of sp³-hybridized carbons (Fsp3) is 0.167. The van der Waals surface area contributed by atoms with Gasteiger partial charge in [0.15, 0.2) is 11.0 Å². The van der Waals surface area contributed by atoms with E-state index in [0.717, 1.165) is 9.99 Å². The number of carbonyl (C=O) groups is 1. The Morgan fingerprint density at radius 2 is 2.33 bits per heavy atom. The maximum Gasteiger partial charge on any atom is 0.266 e. The highest BCUT2D eigenvalue weighted by Gasteiger charge is 2.17. The number of hydrogen-bond acceptors (Lipinski definition) is 6. The lowest BCUT2D eigenvalue weighted by molar-refractivity contribution is 0.0999. The number of alkyl halides is 1. The van der Waals surface area contributed by atoms with E-state index in [-0.39, 0.29) is 11.4 Å². The summed E-state index contributed by atoms with van der Waals surface area (Å²) < 4.78 is 0.816. The highest BCUT2D eigenvalue weighted by Crippen LogP contribution is 2.18. The van der Waals surface area contributed by atoms with Gasteiger partial charge in [-0.1, -0.05) is 34.4 Å². The van der Waals surface area contributed by atoms with Gasteiger partial charge in [0.2, 0.25) is 0 Å². The quantitative estimate of drug-likeness (QED) is 0.295. The number of primary amides is 1. The van der Waals surface area contributed by atoms with Crippen molar-refractivity contribution in [3.8, 4) is 0 Å². The second kappa shape index (κ2) is 6.89. The van der Waals surface area contributed by atoms with Crippen LogP contribution >= 0.6 is 34.4 Å². The summed E-state index contributed by atoms with van der Waals surface area (Å²) in [5.41, 5.74) is 5.52. The van der Waals surface area contributed by atoms with E-state index in [1.807, 2.05) is 12.1 Å². The Labute approximate surface area is 138 Å². The van der Waals surface area contributed by atoms with E-state index in [1.165, 1.54) is 11.8 Å². The van der Waals surface area contributed by atoms with E-state index < -0.39 is 11.5 Å². The number of aromatic nitrogens is 3. The normalized spacial score (nSPS) is 10.4. The Morgan fingerprint density at radius 1 is 1.57 bits per heavy atom. The van der Waals surface area contributed by atoms with Crippen molar-refractivity contribution in [1.82, 2.24) is 15.0 Å². The predicted molar refractivity (Wildman–Crippen MR) is 90.4 cm³/mol. The van der Waals surface area contributed by atoms with E-state index in [1.54, 1.807) is 12.5 Å². The molecule has 0 unspecified atom stereocenters. The molecule has 0 aliphatic rings. The van der Waals surface area contributed by atoms with Crippen molar-refractivity contribution in [3.63, 3.8) is 0 Å². The lowest BCUT2D eigenvalue weighted by Crippen LogP contribution is -2.26. The molecule has 2 aromatic rings. The summed E-state index contributed by atoms with van der Waals surface area (Å²) in [4.78, 5) is 34.2. The van der Waals surface area contributed by atoms with Crippen molar-refractivity contribution < 1.29 is 4.79 Å². The minimum absolute atomic E-state index is 0.105. The first-order valence-corrected chi connectivity index (χ1v) is 8.56. The van der Waals surface area contributed by atoms with Gasteiger partial charge in [-0.15, -0.1) is 0 Å². The number of carbonyl (C=O) groups excluding carboxylic acids is 1. The molecule has 0 bridgehead atoms. The van der Waals surface area contributed by atoms with Crippen LogP contribution in [0.15, 0.2) is 28.3 Å². The Bertz CT molecular complexity index is 734. The van der Waals surface area contributed by atoms with Crippen molar-refractivity contribution in [3.05, 3.63) is 39.8 Å². The number of anilines is 2. The molecule has 7 nitrogen and oxygen atoms in total. The predicted octanol–water partition coefficient (Wildman–Crippen LogP) is 1.66. The third kappa shape index (κ3) is 3.73. The van der Waals surface area contributed by atoms with E-state index in [2.05, 4.69) is 42.9 Å². The molecule has 110 valence electrons. The lowest BCUT2D eigenvalue weighted by atomic mass is 10.2. The molecule has 0 saturated carbocycles. The van der Waals surface area contributed by atoms with E-state index in [4.69, 9.17) is 5.73 Å². The summed E-state index contributed by atoms with van der Waals surface area (Å²) in [6, 6.07) is 3.70. The third-order valence-electron chi connectivity index (χ3n) is 2.56. The van der Waals surface area contributed by atoms with Crippen LogP contribution in [0.5, 0.6) is 0 Å². The fourth-order valence-corrected chi connectivity index (χ4v) is 2.47. The number of nitrogens with two attached hydrogens (primary N) is 1. The molecule has 21 heavy (non-hydrogen) atoms. The van der Waals surface area contributed by atoms with Crippen LogP contribution in [0.3, 0.4) is 0 Å². The lowest BCUT2D eigenvalue weighted by Gasteiger charge is -2.09. The Kier molecular flexibility index (Phi) is 5.17. The Balaban J connectivity index is 2.48. The molecule has 0 spiro atoms. The smallest absolute Gasteiger partial charge is 0.266 e. The van der Waals surface area contributed by atoms with E-state index >= 15 is 0 Å². The van der Waals surface area contributed by atoms with Crippen LogP contribution < -0.4 is 16.6 Å². The van der Waals surface area contributed by atoms with Crippen LogP contribution in [0.25, 0.3) is 0 Å². The van der Waals surface area contributed by atoms with E-state index in [0.29, 0.717) is 11.0 Å². The van der Waals surface area contributed by atoms with Crippen molar-refractivity contribution in [2.24, 2.45) is 5.73 Å². The minimum Gasteiger partial charge on any atom is -0.365 e. The van der Waals surface area contributed by atoms with Gasteiger partial charge in [0.1, 0.15) is 11.4 Å². The zero-order valence-electron chi connectivity index (χ0n) is 11.0. The highest BCUT2D eigenvalue weighted by atomic mass is 127. The average Bonchev–Trinajstić information content (AvgIpc) is 2.46. The Hall–Kier alpha value is -1.62. The molecule has 0 saturated heterocycles. The number of thioether (sulfide) groups is 1. The Morgan fingerprint density at radius 3 is 2.95 bits per heavy atom. The summed E-state index contributed by atoms with van der Waals surface area (Å²) in [7, 11) is 0. The number of halogens is 1. The van der Waals surface area contributed by atoms with Gasteiger partial charge in [-0.2, -0.15) is 0 Å². The first kappa shape index (κ1) is 15.8. The summed E-state index contributed by atoms with van der Waals surface area (Å²) in [6.07, 6.45) is 3.41. The van der Waals surface area contributed by atoms with Crippen LogP contribution in [0, 0.1) is 0 Å². The molecular formula is C12H12IN5O2S. The summed E-state index contributed by atoms with van der Waals surface area (Å²) in [5.74, 6) is -0.241. The molecule has 9 heteroatoms. The van der Waals surface area contributed by atoms with Gasteiger partial charge in [-0.3, -0.25) is 9.59 Å². The van der Waals surface area contributed by atoms with Crippen LogP contribution in [-0.4, -0.2) is 27.1 Å². The zero-order chi connectivity index (χ0) is 15.4. The van der Waals surface area contributed by atoms with Gasteiger partial charge in [-0.05, 0) is 24.0 Å². The number of aromatic amines is 1. The van der Waals surface area contributed by atoms with Gasteiger partial charge in [-0.25, -0.2) is 9.97 Å². The van der Waals surface area contributed by atoms with Crippen molar-refractivity contribution in [1.29, 1.82) is 0 Å². The average molecular weight is 417 g/mol. The van der Waals surface area contributed by atoms with Gasteiger partial charge >= 0.3 is 0 Å². The number of rotatable bonds is 5. The summed E-state index contributed by atoms with van der Waals surface area (Å²) >= 11 is 3.49. The molecule has 0 fully saturated rings. The van der Waals surface area contributed by atoms with Crippen molar-refractivity contribution in [2.45, 2.75) is 9.58 Å². The van der Waals surface area contributed by atoms with Crippen molar-refractivity contribution >= 4 is 51.9 Å². The first-order valence-electron chi connectivity index (χ1n) is 5.81. The van der Waals surface area contributed by atoms with E-state index in [9.17, 15) is 9.59 Å². The minimum atomic E-state index is -0.844. The monoisotopic (exact) mass is 417 g/mol. The van der Waals surface area contributed by atoms with Crippen LogP contribution in [0.1, 0.15) is 15.9 Å². The second-order valence-corrected chi connectivity index (χ2v) is 5.53. The molecule has 0 atom stereocenters. The van der Waals surface area contributed by atoms with Gasteiger partial charge < -0.3 is 16.0 Å².